The molecule has 0 saturated carbocycles. The van der Waals surface area contributed by atoms with Crippen LogP contribution >= 0.6 is 23.2 Å². The van der Waals surface area contributed by atoms with Gasteiger partial charge in [-0.1, -0.05) is 17.7 Å². The van der Waals surface area contributed by atoms with Crippen molar-refractivity contribution in [2.24, 2.45) is 0 Å². The van der Waals surface area contributed by atoms with Crippen LogP contribution in [-0.4, -0.2) is 85.0 Å². The average Bonchev–Trinajstić information content (AvgIpc) is 2.73. The van der Waals surface area contributed by atoms with Crippen LogP contribution in [0.4, 0.5) is 4.79 Å². The van der Waals surface area contributed by atoms with Crippen LogP contribution < -0.4 is 5.32 Å². The highest BCUT2D eigenvalue weighted by molar-refractivity contribution is 6.30. The maximum absolute atomic E-state index is 12.3. The van der Waals surface area contributed by atoms with E-state index < -0.39 is 0 Å². The second-order valence-electron chi connectivity index (χ2n) is 6.96. The molecule has 2 aliphatic rings. The summed E-state index contributed by atoms with van der Waals surface area (Å²) < 4.78 is 5.29. The highest BCUT2D eigenvalue weighted by atomic mass is 35.5. The minimum atomic E-state index is -0.0719. The van der Waals surface area contributed by atoms with E-state index in [9.17, 15) is 9.59 Å². The van der Waals surface area contributed by atoms with Crippen molar-refractivity contribution in [3.63, 3.8) is 0 Å². The van der Waals surface area contributed by atoms with Crippen LogP contribution in [0.2, 0.25) is 5.02 Å². The van der Waals surface area contributed by atoms with E-state index in [0.29, 0.717) is 51.0 Å². The molecule has 2 aliphatic heterocycles. The Labute approximate surface area is 175 Å². The number of morpholine rings is 1. The Hall–Kier alpha value is -1.54. The largest absolute Gasteiger partial charge is 0.378 e. The van der Waals surface area contributed by atoms with Gasteiger partial charge in [0.15, 0.2) is 0 Å². The fraction of sp³-hybridized carbons (Fsp3) is 0.579. The van der Waals surface area contributed by atoms with E-state index in [1.165, 1.54) is 0 Å². The number of amides is 3. The summed E-state index contributed by atoms with van der Waals surface area (Å²) in [6.45, 7) is 6.50. The van der Waals surface area contributed by atoms with Gasteiger partial charge >= 0.3 is 6.03 Å². The van der Waals surface area contributed by atoms with Gasteiger partial charge in [0.1, 0.15) is 5.88 Å². The molecule has 3 rings (SSSR count). The zero-order valence-corrected chi connectivity index (χ0v) is 17.3. The van der Waals surface area contributed by atoms with Gasteiger partial charge in [-0.05, 0) is 23.3 Å². The molecule has 0 atom stereocenters. The van der Waals surface area contributed by atoms with Crippen molar-refractivity contribution >= 4 is 35.1 Å². The molecule has 7 nitrogen and oxygen atoms in total. The topological polar surface area (TPSA) is 65.1 Å². The van der Waals surface area contributed by atoms with Gasteiger partial charge in [-0.15, -0.1) is 11.6 Å². The summed E-state index contributed by atoms with van der Waals surface area (Å²) in [6, 6.07) is 5.69. The molecule has 3 amide bonds. The summed E-state index contributed by atoms with van der Waals surface area (Å²) in [5.74, 6) is 0.0111. The molecule has 0 aliphatic carbocycles. The number of carbonyl (C=O) groups is 2. The molecule has 9 heteroatoms. The number of urea groups is 1. The van der Waals surface area contributed by atoms with Crippen molar-refractivity contribution in [3.05, 3.63) is 34.3 Å². The van der Waals surface area contributed by atoms with Gasteiger partial charge in [0.25, 0.3) is 0 Å². The van der Waals surface area contributed by atoms with E-state index in [0.717, 1.165) is 30.8 Å². The molecule has 154 valence electrons. The molecule has 0 aromatic heterocycles. The fourth-order valence-corrected chi connectivity index (χ4v) is 3.81. The predicted octanol–water partition coefficient (Wildman–Crippen LogP) is 1.76. The Balaban J connectivity index is 1.56. The van der Waals surface area contributed by atoms with Crippen LogP contribution in [0.5, 0.6) is 0 Å². The van der Waals surface area contributed by atoms with E-state index in [4.69, 9.17) is 27.9 Å². The van der Waals surface area contributed by atoms with Crippen LogP contribution in [0.1, 0.15) is 11.1 Å². The van der Waals surface area contributed by atoms with E-state index in [1.54, 1.807) is 9.80 Å². The van der Waals surface area contributed by atoms with E-state index in [1.807, 2.05) is 18.2 Å². The zero-order valence-electron chi connectivity index (χ0n) is 15.8. The summed E-state index contributed by atoms with van der Waals surface area (Å²) in [5, 5.41) is 3.67. The molecule has 0 radical (unpaired) electrons. The highest BCUT2D eigenvalue weighted by Crippen LogP contribution is 2.19. The first kappa shape index (κ1) is 21.2. The summed E-state index contributed by atoms with van der Waals surface area (Å²) in [7, 11) is 0. The van der Waals surface area contributed by atoms with Crippen LogP contribution in [0, 0.1) is 0 Å². The molecular formula is C19H26Cl2N4O3. The second-order valence-corrected chi connectivity index (χ2v) is 7.67. The van der Waals surface area contributed by atoms with Crippen molar-refractivity contribution in [1.29, 1.82) is 0 Å². The molecule has 2 heterocycles. The molecule has 0 unspecified atom stereocenters. The van der Waals surface area contributed by atoms with E-state index in [2.05, 4.69) is 10.2 Å². The number of nitrogens with zero attached hydrogens (tertiary/aromatic N) is 3. The minimum absolute atomic E-state index is 0.0180. The molecule has 28 heavy (non-hydrogen) atoms. The molecule has 2 saturated heterocycles. The fourth-order valence-electron chi connectivity index (χ4n) is 3.44. The number of nitrogens with one attached hydrogen (secondary N) is 1. The second kappa shape index (κ2) is 10.3. The summed E-state index contributed by atoms with van der Waals surface area (Å²) >= 11 is 11.8. The first-order valence-corrected chi connectivity index (χ1v) is 10.4. The molecule has 0 bridgehead atoms. The average molecular weight is 429 g/mol. The normalized spacial score (nSPS) is 18.2. The number of benzene rings is 1. The zero-order chi connectivity index (χ0) is 19.9. The van der Waals surface area contributed by atoms with Crippen molar-refractivity contribution in [2.45, 2.75) is 13.1 Å². The first-order chi connectivity index (χ1) is 13.6. The van der Waals surface area contributed by atoms with Gasteiger partial charge in [0.2, 0.25) is 5.91 Å². The van der Waals surface area contributed by atoms with Gasteiger partial charge in [-0.3, -0.25) is 9.69 Å². The van der Waals surface area contributed by atoms with Crippen molar-refractivity contribution in [2.75, 3.05) is 58.4 Å². The molecule has 1 N–H and O–H groups in total. The third kappa shape index (κ3) is 5.73. The lowest BCUT2D eigenvalue weighted by Crippen LogP contribution is -2.48. The van der Waals surface area contributed by atoms with Crippen LogP contribution in [-0.2, 0) is 22.6 Å². The SMILES string of the molecule is O=C(CCl)N1CCN(Cc2cc(Cl)ccc2CNC(=O)N2CCOCC2)CC1. The van der Waals surface area contributed by atoms with Crippen molar-refractivity contribution in [3.8, 4) is 0 Å². The monoisotopic (exact) mass is 428 g/mol. The Kier molecular flexibility index (Phi) is 7.79. The number of ether oxygens (including phenoxy) is 1. The smallest absolute Gasteiger partial charge is 0.317 e. The molecule has 1 aromatic rings. The Bertz CT molecular complexity index is 690. The minimum Gasteiger partial charge on any atom is -0.378 e. The summed E-state index contributed by atoms with van der Waals surface area (Å²) in [5.41, 5.74) is 2.14. The lowest BCUT2D eigenvalue weighted by Gasteiger charge is -2.35. The van der Waals surface area contributed by atoms with Crippen LogP contribution in [0.15, 0.2) is 18.2 Å². The van der Waals surface area contributed by atoms with Gasteiger partial charge in [0, 0.05) is 57.4 Å². The molecule has 2 fully saturated rings. The Morgan fingerprint density at radius 1 is 1.00 bits per heavy atom. The predicted molar refractivity (Wildman–Crippen MR) is 109 cm³/mol. The molecular weight excluding hydrogens is 403 g/mol. The van der Waals surface area contributed by atoms with Crippen LogP contribution in [0.25, 0.3) is 0 Å². The number of piperazine rings is 1. The number of rotatable bonds is 5. The Morgan fingerprint density at radius 3 is 2.39 bits per heavy atom. The summed E-state index contributed by atoms with van der Waals surface area (Å²) in [6.07, 6.45) is 0. The number of hydrogen-bond donors (Lipinski definition) is 1. The molecule has 1 aromatic carbocycles. The first-order valence-electron chi connectivity index (χ1n) is 9.50. The van der Waals surface area contributed by atoms with Gasteiger partial charge in [0.05, 0.1) is 13.2 Å². The van der Waals surface area contributed by atoms with Gasteiger partial charge in [-0.25, -0.2) is 4.79 Å². The number of carbonyl (C=O) groups excluding carboxylic acids is 2. The maximum atomic E-state index is 12.3. The number of hydrogen-bond acceptors (Lipinski definition) is 4. The maximum Gasteiger partial charge on any atom is 0.317 e. The van der Waals surface area contributed by atoms with Gasteiger partial charge < -0.3 is 19.9 Å². The van der Waals surface area contributed by atoms with E-state index in [-0.39, 0.29) is 17.8 Å². The summed E-state index contributed by atoms with van der Waals surface area (Å²) in [4.78, 5) is 29.9. The molecule has 0 spiro atoms. The highest BCUT2D eigenvalue weighted by Gasteiger charge is 2.21. The van der Waals surface area contributed by atoms with Crippen molar-refractivity contribution < 1.29 is 14.3 Å². The Morgan fingerprint density at radius 2 is 1.71 bits per heavy atom. The third-order valence-electron chi connectivity index (χ3n) is 5.13. The van der Waals surface area contributed by atoms with E-state index >= 15 is 0 Å². The quantitative estimate of drug-likeness (QED) is 0.725. The number of alkyl halides is 1. The third-order valence-corrected chi connectivity index (χ3v) is 5.59. The van der Waals surface area contributed by atoms with Gasteiger partial charge in [-0.2, -0.15) is 0 Å². The lowest BCUT2D eigenvalue weighted by atomic mass is 10.1. The number of halogens is 2. The lowest BCUT2D eigenvalue weighted by molar-refractivity contribution is -0.130. The van der Waals surface area contributed by atoms with Crippen molar-refractivity contribution in [1.82, 2.24) is 20.0 Å². The van der Waals surface area contributed by atoms with Crippen LogP contribution in [0.3, 0.4) is 0 Å². The standard InChI is InChI=1S/C19H26Cl2N4O3/c20-12-18(26)24-5-3-23(4-6-24)14-16-11-17(21)2-1-15(16)13-22-19(27)25-7-9-28-10-8-25/h1-2,11H,3-10,12-14H2,(H,22,27).